The summed E-state index contributed by atoms with van der Waals surface area (Å²) in [6.45, 7) is 3.97. The van der Waals surface area contributed by atoms with Gasteiger partial charge in [-0.05, 0) is 31.4 Å². The molecule has 0 saturated carbocycles. The number of benzene rings is 1. The molecule has 1 aliphatic rings. The number of hydrogen-bond acceptors (Lipinski definition) is 2. The monoisotopic (exact) mass is 244 g/mol. The van der Waals surface area contributed by atoms with Crippen LogP contribution in [0.4, 0.5) is 0 Å². The number of aryl methyl sites for hydroxylation is 1. The fourth-order valence-electron chi connectivity index (χ4n) is 2.85. The van der Waals surface area contributed by atoms with E-state index in [2.05, 4.69) is 35.8 Å². The average Bonchev–Trinajstić information content (AvgIpc) is 2.78. The highest BCUT2D eigenvalue weighted by molar-refractivity contribution is 5.76. The van der Waals surface area contributed by atoms with Crippen LogP contribution in [0.2, 0.25) is 0 Å². The molecule has 0 unspecified atom stereocenters. The van der Waals surface area contributed by atoms with Crippen molar-refractivity contribution in [3.8, 4) is 0 Å². The fraction of sp³-hybridized carbons (Fsp3) is 0.533. The van der Waals surface area contributed by atoms with Gasteiger partial charge >= 0.3 is 0 Å². The van der Waals surface area contributed by atoms with Gasteiger partial charge in [0.2, 0.25) is 0 Å². The van der Waals surface area contributed by atoms with Crippen LogP contribution in [0.15, 0.2) is 24.3 Å². The second-order valence-electron chi connectivity index (χ2n) is 4.98. The average molecular weight is 244 g/mol. The zero-order chi connectivity index (χ0) is 12.4. The molecule has 18 heavy (non-hydrogen) atoms. The van der Waals surface area contributed by atoms with E-state index in [4.69, 9.17) is 9.72 Å². The zero-order valence-corrected chi connectivity index (χ0v) is 10.9. The van der Waals surface area contributed by atoms with Crippen molar-refractivity contribution in [3.63, 3.8) is 0 Å². The molecule has 0 bridgehead atoms. The molecule has 0 aliphatic carbocycles. The first-order valence-corrected chi connectivity index (χ1v) is 6.93. The van der Waals surface area contributed by atoms with Gasteiger partial charge in [-0.25, -0.2) is 4.98 Å². The van der Waals surface area contributed by atoms with E-state index in [1.54, 1.807) is 0 Å². The molecule has 0 atom stereocenters. The summed E-state index contributed by atoms with van der Waals surface area (Å²) < 4.78 is 7.94. The summed E-state index contributed by atoms with van der Waals surface area (Å²) in [4.78, 5) is 4.80. The number of ether oxygens (including phenoxy) is 1. The second-order valence-corrected chi connectivity index (χ2v) is 4.98. The molecule has 96 valence electrons. The SMILES string of the molecule is CCCc1nc2ccccc2n1C1CCOCC1. The predicted molar refractivity (Wildman–Crippen MR) is 72.8 cm³/mol. The molecular weight excluding hydrogens is 224 g/mol. The van der Waals surface area contributed by atoms with Crippen LogP contribution >= 0.6 is 0 Å². The summed E-state index contributed by atoms with van der Waals surface area (Å²) in [6.07, 6.45) is 4.42. The van der Waals surface area contributed by atoms with Gasteiger partial charge < -0.3 is 9.30 Å². The third-order valence-corrected chi connectivity index (χ3v) is 3.70. The van der Waals surface area contributed by atoms with Gasteiger partial charge in [-0.15, -0.1) is 0 Å². The number of aromatic nitrogens is 2. The Kier molecular flexibility index (Phi) is 3.33. The molecule has 3 rings (SSSR count). The van der Waals surface area contributed by atoms with E-state index < -0.39 is 0 Å². The Balaban J connectivity index is 2.07. The first-order chi connectivity index (χ1) is 8.90. The third kappa shape index (κ3) is 2.03. The molecule has 2 heterocycles. The number of rotatable bonds is 3. The Morgan fingerprint density at radius 1 is 1.28 bits per heavy atom. The lowest BCUT2D eigenvalue weighted by Crippen LogP contribution is -2.21. The van der Waals surface area contributed by atoms with Crippen molar-refractivity contribution < 1.29 is 4.74 Å². The lowest BCUT2D eigenvalue weighted by molar-refractivity contribution is 0.0698. The Labute approximate surface area is 108 Å². The van der Waals surface area contributed by atoms with E-state index in [1.165, 1.54) is 11.3 Å². The van der Waals surface area contributed by atoms with Crippen molar-refractivity contribution in [2.75, 3.05) is 13.2 Å². The highest BCUT2D eigenvalue weighted by atomic mass is 16.5. The van der Waals surface area contributed by atoms with Gasteiger partial charge in [0.05, 0.1) is 11.0 Å². The van der Waals surface area contributed by atoms with Crippen molar-refractivity contribution in [1.82, 2.24) is 9.55 Å². The van der Waals surface area contributed by atoms with Crippen LogP contribution < -0.4 is 0 Å². The van der Waals surface area contributed by atoms with Crippen molar-refractivity contribution in [3.05, 3.63) is 30.1 Å². The summed E-state index contributed by atoms with van der Waals surface area (Å²) in [5.41, 5.74) is 2.42. The Morgan fingerprint density at radius 3 is 2.83 bits per heavy atom. The molecule has 0 N–H and O–H groups in total. The minimum absolute atomic E-state index is 0.563. The molecule has 1 aromatic heterocycles. The summed E-state index contributed by atoms with van der Waals surface area (Å²) in [6, 6.07) is 9.05. The van der Waals surface area contributed by atoms with E-state index in [0.717, 1.165) is 44.4 Å². The van der Waals surface area contributed by atoms with Gasteiger partial charge in [-0.3, -0.25) is 0 Å². The van der Waals surface area contributed by atoms with Crippen LogP contribution in [0.3, 0.4) is 0 Å². The maximum absolute atomic E-state index is 5.48. The first-order valence-electron chi connectivity index (χ1n) is 6.93. The van der Waals surface area contributed by atoms with Gasteiger partial charge in [0.15, 0.2) is 0 Å². The van der Waals surface area contributed by atoms with Crippen LogP contribution in [0.25, 0.3) is 11.0 Å². The van der Waals surface area contributed by atoms with E-state index in [0.29, 0.717) is 6.04 Å². The zero-order valence-electron chi connectivity index (χ0n) is 10.9. The molecule has 3 heteroatoms. The highest BCUT2D eigenvalue weighted by Gasteiger charge is 2.20. The van der Waals surface area contributed by atoms with Crippen molar-refractivity contribution in [2.24, 2.45) is 0 Å². The minimum atomic E-state index is 0.563. The Morgan fingerprint density at radius 2 is 2.06 bits per heavy atom. The molecule has 1 aromatic carbocycles. The maximum atomic E-state index is 5.48. The van der Waals surface area contributed by atoms with Crippen LogP contribution in [-0.2, 0) is 11.2 Å². The molecule has 0 spiro atoms. The third-order valence-electron chi connectivity index (χ3n) is 3.70. The molecule has 1 saturated heterocycles. The number of fused-ring (bicyclic) bond motifs is 1. The van der Waals surface area contributed by atoms with E-state index in [-0.39, 0.29) is 0 Å². The largest absolute Gasteiger partial charge is 0.381 e. The molecule has 3 nitrogen and oxygen atoms in total. The Hall–Kier alpha value is -1.35. The number of hydrogen-bond donors (Lipinski definition) is 0. The van der Waals surface area contributed by atoms with Gasteiger partial charge in [0.1, 0.15) is 5.82 Å². The van der Waals surface area contributed by atoms with Gasteiger partial charge in [-0.1, -0.05) is 19.1 Å². The van der Waals surface area contributed by atoms with Crippen LogP contribution in [0.1, 0.15) is 38.1 Å². The van der Waals surface area contributed by atoms with E-state index >= 15 is 0 Å². The molecule has 0 amide bonds. The first kappa shape index (κ1) is 11.7. The fourth-order valence-corrected chi connectivity index (χ4v) is 2.85. The molecule has 2 aromatic rings. The van der Waals surface area contributed by atoms with Crippen molar-refractivity contribution >= 4 is 11.0 Å². The lowest BCUT2D eigenvalue weighted by atomic mass is 10.1. The standard InChI is InChI=1S/C15H20N2O/c1-2-5-15-16-13-6-3-4-7-14(13)17(15)12-8-10-18-11-9-12/h3-4,6-7,12H,2,5,8-11H2,1H3. The van der Waals surface area contributed by atoms with Crippen LogP contribution in [0, 0.1) is 0 Å². The molecule has 1 aliphatic heterocycles. The molecular formula is C15H20N2O. The smallest absolute Gasteiger partial charge is 0.110 e. The highest BCUT2D eigenvalue weighted by Crippen LogP contribution is 2.28. The number of para-hydroxylation sites is 2. The van der Waals surface area contributed by atoms with Gasteiger partial charge in [0, 0.05) is 25.7 Å². The predicted octanol–water partition coefficient (Wildman–Crippen LogP) is 3.34. The second kappa shape index (κ2) is 5.11. The minimum Gasteiger partial charge on any atom is -0.381 e. The van der Waals surface area contributed by atoms with Crippen LogP contribution in [-0.4, -0.2) is 22.8 Å². The topological polar surface area (TPSA) is 27.1 Å². The Bertz CT molecular complexity index is 526. The van der Waals surface area contributed by atoms with E-state index in [9.17, 15) is 0 Å². The summed E-state index contributed by atoms with van der Waals surface area (Å²) >= 11 is 0. The quantitative estimate of drug-likeness (QED) is 0.828. The summed E-state index contributed by atoms with van der Waals surface area (Å²) in [7, 11) is 0. The maximum Gasteiger partial charge on any atom is 0.110 e. The van der Waals surface area contributed by atoms with Gasteiger partial charge in [-0.2, -0.15) is 0 Å². The lowest BCUT2D eigenvalue weighted by Gasteiger charge is -2.25. The van der Waals surface area contributed by atoms with Crippen molar-refractivity contribution in [2.45, 2.75) is 38.6 Å². The van der Waals surface area contributed by atoms with E-state index in [1.807, 2.05) is 0 Å². The number of nitrogens with zero attached hydrogens (tertiary/aromatic N) is 2. The number of imidazole rings is 1. The summed E-state index contributed by atoms with van der Waals surface area (Å²) in [5.74, 6) is 1.24. The van der Waals surface area contributed by atoms with Crippen LogP contribution in [0.5, 0.6) is 0 Å². The van der Waals surface area contributed by atoms with Crippen molar-refractivity contribution in [1.29, 1.82) is 0 Å². The summed E-state index contributed by atoms with van der Waals surface area (Å²) in [5, 5.41) is 0. The molecule has 1 fully saturated rings. The van der Waals surface area contributed by atoms with Gasteiger partial charge in [0.25, 0.3) is 0 Å². The molecule has 0 radical (unpaired) electrons. The normalized spacial score (nSPS) is 17.4.